The number of benzene rings is 2. The van der Waals surface area contributed by atoms with Crippen LogP contribution in [-0.4, -0.2) is 65.7 Å². The van der Waals surface area contributed by atoms with E-state index in [9.17, 15) is 9.90 Å². The Hall–Kier alpha value is -2.37. The van der Waals surface area contributed by atoms with Crippen LogP contribution in [0.25, 0.3) is 0 Å². The van der Waals surface area contributed by atoms with Gasteiger partial charge in [0.1, 0.15) is 11.9 Å². The number of likely N-dealkylation sites (tertiary alicyclic amines) is 2. The highest BCUT2D eigenvalue weighted by Crippen LogP contribution is 2.23. The van der Waals surface area contributed by atoms with Gasteiger partial charge in [0.15, 0.2) is 0 Å². The SMILES string of the molecule is O=C(c1ccc(OC2CCN(CCc3ccccc3)CC2)cc1)N1CCCCC1CO. The van der Waals surface area contributed by atoms with E-state index in [-0.39, 0.29) is 24.7 Å². The summed E-state index contributed by atoms with van der Waals surface area (Å²) in [5.41, 5.74) is 2.06. The van der Waals surface area contributed by atoms with Crippen LogP contribution in [0.5, 0.6) is 5.75 Å². The fourth-order valence-corrected chi connectivity index (χ4v) is 4.67. The van der Waals surface area contributed by atoms with Crippen LogP contribution in [0.3, 0.4) is 0 Å². The normalized spacial score (nSPS) is 20.5. The second kappa shape index (κ2) is 10.8. The molecular formula is C26H34N2O3. The number of rotatable bonds is 7. The summed E-state index contributed by atoms with van der Waals surface area (Å²) >= 11 is 0. The highest BCUT2D eigenvalue weighted by Gasteiger charge is 2.27. The maximum absolute atomic E-state index is 12.8. The van der Waals surface area contributed by atoms with Crippen molar-refractivity contribution in [1.82, 2.24) is 9.80 Å². The van der Waals surface area contributed by atoms with E-state index in [1.54, 1.807) is 0 Å². The number of nitrogens with zero attached hydrogens (tertiary/aromatic N) is 2. The third kappa shape index (κ3) is 5.86. The molecule has 2 aliphatic heterocycles. The van der Waals surface area contributed by atoms with Gasteiger partial charge < -0.3 is 19.6 Å². The first-order valence-corrected chi connectivity index (χ1v) is 11.7. The maximum atomic E-state index is 12.8. The van der Waals surface area contributed by atoms with Gasteiger partial charge in [-0.05, 0) is 68.4 Å². The number of carbonyl (C=O) groups is 1. The Morgan fingerprint density at radius 2 is 1.68 bits per heavy atom. The monoisotopic (exact) mass is 422 g/mol. The summed E-state index contributed by atoms with van der Waals surface area (Å²) in [7, 11) is 0. The number of hydrogen-bond donors (Lipinski definition) is 1. The molecule has 0 bridgehead atoms. The van der Waals surface area contributed by atoms with Crippen LogP contribution in [0.15, 0.2) is 54.6 Å². The van der Waals surface area contributed by atoms with Gasteiger partial charge in [0.25, 0.3) is 5.91 Å². The lowest BCUT2D eigenvalue weighted by Gasteiger charge is -2.34. The summed E-state index contributed by atoms with van der Waals surface area (Å²) in [6, 6.07) is 18.1. The summed E-state index contributed by atoms with van der Waals surface area (Å²) in [6.45, 7) is 3.98. The fraction of sp³-hybridized carbons (Fsp3) is 0.500. The van der Waals surface area contributed by atoms with Gasteiger partial charge in [0.05, 0.1) is 12.6 Å². The Labute approximate surface area is 185 Å². The van der Waals surface area contributed by atoms with Gasteiger partial charge in [0.2, 0.25) is 0 Å². The number of aliphatic hydroxyl groups is 1. The van der Waals surface area contributed by atoms with Crippen molar-refractivity contribution in [2.24, 2.45) is 0 Å². The molecule has 0 radical (unpaired) electrons. The number of hydrogen-bond acceptors (Lipinski definition) is 4. The molecule has 1 atom stereocenters. The van der Waals surface area contributed by atoms with Crippen LogP contribution >= 0.6 is 0 Å². The van der Waals surface area contributed by atoms with Gasteiger partial charge in [0, 0.05) is 31.7 Å². The zero-order valence-corrected chi connectivity index (χ0v) is 18.3. The average Bonchev–Trinajstić information content (AvgIpc) is 2.84. The van der Waals surface area contributed by atoms with Crippen LogP contribution in [0.4, 0.5) is 0 Å². The zero-order valence-electron chi connectivity index (χ0n) is 18.3. The number of ether oxygens (including phenoxy) is 1. The van der Waals surface area contributed by atoms with Gasteiger partial charge in [-0.2, -0.15) is 0 Å². The zero-order chi connectivity index (χ0) is 21.5. The second-order valence-corrected chi connectivity index (χ2v) is 8.75. The van der Waals surface area contributed by atoms with E-state index in [4.69, 9.17) is 4.74 Å². The van der Waals surface area contributed by atoms with Gasteiger partial charge in [-0.15, -0.1) is 0 Å². The minimum Gasteiger partial charge on any atom is -0.490 e. The number of piperidine rings is 2. The minimum absolute atomic E-state index is 0.0111. The molecule has 0 aromatic heterocycles. The molecule has 2 saturated heterocycles. The Morgan fingerprint density at radius 3 is 2.39 bits per heavy atom. The van der Waals surface area contributed by atoms with Crippen LogP contribution in [-0.2, 0) is 6.42 Å². The van der Waals surface area contributed by atoms with Crippen molar-refractivity contribution in [1.29, 1.82) is 0 Å². The van der Waals surface area contributed by atoms with E-state index in [0.717, 1.165) is 70.5 Å². The van der Waals surface area contributed by atoms with Gasteiger partial charge in [-0.3, -0.25) is 4.79 Å². The van der Waals surface area contributed by atoms with Crippen LogP contribution in [0.2, 0.25) is 0 Å². The first-order chi connectivity index (χ1) is 15.2. The molecule has 2 aromatic carbocycles. The van der Waals surface area contributed by atoms with E-state index in [2.05, 4.69) is 35.2 Å². The molecule has 2 aromatic rings. The second-order valence-electron chi connectivity index (χ2n) is 8.75. The van der Waals surface area contributed by atoms with Crippen molar-refractivity contribution in [2.75, 3.05) is 32.8 Å². The standard InChI is InChI=1S/C26H34N2O3/c29-20-23-8-4-5-16-28(23)26(30)22-9-11-24(12-10-22)31-25-14-18-27(19-15-25)17-13-21-6-2-1-3-7-21/h1-3,6-7,9-12,23,25,29H,4-5,8,13-20H2. The molecule has 1 N–H and O–H groups in total. The van der Waals surface area contributed by atoms with Crippen molar-refractivity contribution in [3.8, 4) is 5.75 Å². The molecular weight excluding hydrogens is 388 g/mol. The van der Waals surface area contributed by atoms with E-state index in [1.807, 2.05) is 29.2 Å². The molecule has 5 heteroatoms. The van der Waals surface area contributed by atoms with Crippen molar-refractivity contribution in [2.45, 2.75) is 50.7 Å². The summed E-state index contributed by atoms with van der Waals surface area (Å²) in [6.07, 6.45) is 6.35. The van der Waals surface area contributed by atoms with E-state index in [1.165, 1.54) is 5.56 Å². The summed E-state index contributed by atoms with van der Waals surface area (Å²) in [5.74, 6) is 0.841. The third-order valence-electron chi connectivity index (χ3n) is 6.60. The third-order valence-corrected chi connectivity index (χ3v) is 6.60. The van der Waals surface area contributed by atoms with Crippen molar-refractivity contribution < 1.29 is 14.6 Å². The Morgan fingerprint density at radius 1 is 0.935 bits per heavy atom. The van der Waals surface area contributed by atoms with Crippen LogP contribution in [0.1, 0.15) is 48.0 Å². The first kappa shape index (κ1) is 21.8. The average molecular weight is 423 g/mol. The molecule has 0 saturated carbocycles. The van der Waals surface area contributed by atoms with Crippen molar-refractivity contribution >= 4 is 5.91 Å². The lowest BCUT2D eigenvalue weighted by atomic mass is 10.0. The topological polar surface area (TPSA) is 53.0 Å². The molecule has 0 spiro atoms. The molecule has 0 aliphatic carbocycles. The van der Waals surface area contributed by atoms with Gasteiger partial charge in [-0.1, -0.05) is 30.3 Å². The lowest BCUT2D eigenvalue weighted by Crippen LogP contribution is -2.45. The molecule has 2 fully saturated rings. The Kier molecular flexibility index (Phi) is 7.60. The Bertz CT molecular complexity index is 816. The quantitative estimate of drug-likeness (QED) is 0.738. The maximum Gasteiger partial charge on any atom is 0.254 e. The minimum atomic E-state index is -0.0516. The molecule has 2 aliphatic rings. The highest BCUT2D eigenvalue weighted by molar-refractivity contribution is 5.94. The first-order valence-electron chi connectivity index (χ1n) is 11.7. The van der Waals surface area contributed by atoms with Gasteiger partial charge in [-0.25, -0.2) is 0 Å². The highest BCUT2D eigenvalue weighted by atomic mass is 16.5. The van der Waals surface area contributed by atoms with Crippen molar-refractivity contribution in [3.63, 3.8) is 0 Å². The van der Waals surface area contributed by atoms with E-state index in [0.29, 0.717) is 5.56 Å². The van der Waals surface area contributed by atoms with Gasteiger partial charge >= 0.3 is 0 Å². The molecule has 1 amide bonds. The van der Waals surface area contributed by atoms with Crippen LogP contribution < -0.4 is 4.74 Å². The van der Waals surface area contributed by atoms with Crippen LogP contribution in [0, 0.1) is 0 Å². The number of aliphatic hydroxyl groups excluding tert-OH is 1. The number of carbonyl (C=O) groups excluding carboxylic acids is 1. The summed E-state index contributed by atoms with van der Waals surface area (Å²) in [5, 5.41) is 9.58. The largest absolute Gasteiger partial charge is 0.490 e. The summed E-state index contributed by atoms with van der Waals surface area (Å²) < 4.78 is 6.20. The summed E-state index contributed by atoms with van der Waals surface area (Å²) in [4.78, 5) is 17.2. The number of amides is 1. The van der Waals surface area contributed by atoms with Crippen molar-refractivity contribution in [3.05, 3.63) is 65.7 Å². The Balaban J connectivity index is 1.24. The molecule has 5 nitrogen and oxygen atoms in total. The predicted molar refractivity (Wildman–Crippen MR) is 122 cm³/mol. The lowest BCUT2D eigenvalue weighted by molar-refractivity contribution is 0.0503. The molecule has 2 heterocycles. The molecule has 1 unspecified atom stereocenters. The molecule has 31 heavy (non-hydrogen) atoms. The molecule has 166 valence electrons. The van der Waals surface area contributed by atoms with E-state index < -0.39 is 0 Å². The van der Waals surface area contributed by atoms with E-state index >= 15 is 0 Å². The molecule has 4 rings (SSSR count). The predicted octanol–water partition coefficient (Wildman–Crippen LogP) is 3.76. The smallest absolute Gasteiger partial charge is 0.254 e. The fourth-order valence-electron chi connectivity index (χ4n) is 4.67.